The maximum atomic E-state index is 11.1. The SMILES string of the molecule is Cc1cc(NCc2ccc(C(N)=O)cc2[N+](=O)[O-])ccc1Br. The summed E-state index contributed by atoms with van der Waals surface area (Å²) in [6.45, 7) is 2.23. The molecule has 2 aromatic carbocycles. The number of amides is 1. The molecular formula is C15H14BrN3O3. The van der Waals surface area contributed by atoms with Gasteiger partial charge in [-0.2, -0.15) is 0 Å². The maximum Gasteiger partial charge on any atom is 0.275 e. The average molecular weight is 364 g/mol. The van der Waals surface area contributed by atoms with Crippen molar-refractivity contribution < 1.29 is 9.72 Å². The highest BCUT2D eigenvalue weighted by Gasteiger charge is 2.16. The summed E-state index contributed by atoms with van der Waals surface area (Å²) < 4.78 is 0.995. The molecule has 0 spiro atoms. The van der Waals surface area contributed by atoms with Crippen LogP contribution in [0.25, 0.3) is 0 Å². The molecular weight excluding hydrogens is 350 g/mol. The molecule has 0 fully saturated rings. The van der Waals surface area contributed by atoms with Crippen molar-refractivity contribution in [1.82, 2.24) is 0 Å². The molecule has 0 radical (unpaired) electrons. The molecule has 0 aromatic heterocycles. The van der Waals surface area contributed by atoms with E-state index in [0.717, 1.165) is 15.7 Å². The number of primary amides is 1. The second-order valence-electron chi connectivity index (χ2n) is 4.78. The zero-order chi connectivity index (χ0) is 16.3. The van der Waals surface area contributed by atoms with E-state index in [4.69, 9.17) is 5.73 Å². The van der Waals surface area contributed by atoms with Crippen LogP contribution in [0.1, 0.15) is 21.5 Å². The van der Waals surface area contributed by atoms with Crippen LogP contribution in [0.2, 0.25) is 0 Å². The Morgan fingerprint density at radius 3 is 2.64 bits per heavy atom. The predicted octanol–water partition coefficient (Wildman–Crippen LogP) is 3.38. The van der Waals surface area contributed by atoms with E-state index in [2.05, 4.69) is 21.2 Å². The third kappa shape index (κ3) is 3.62. The fourth-order valence-electron chi connectivity index (χ4n) is 1.99. The summed E-state index contributed by atoms with van der Waals surface area (Å²) in [5.74, 6) is -0.689. The van der Waals surface area contributed by atoms with Crippen LogP contribution in [0.4, 0.5) is 11.4 Å². The van der Waals surface area contributed by atoms with E-state index in [-0.39, 0.29) is 17.8 Å². The summed E-state index contributed by atoms with van der Waals surface area (Å²) in [4.78, 5) is 21.7. The number of anilines is 1. The van der Waals surface area contributed by atoms with Crippen LogP contribution in [0.5, 0.6) is 0 Å². The number of hydrogen-bond donors (Lipinski definition) is 2. The van der Waals surface area contributed by atoms with Crippen LogP contribution < -0.4 is 11.1 Å². The van der Waals surface area contributed by atoms with Crippen molar-refractivity contribution in [3.05, 3.63) is 67.7 Å². The number of hydrogen-bond acceptors (Lipinski definition) is 4. The molecule has 114 valence electrons. The normalized spacial score (nSPS) is 10.3. The number of nitrogens with one attached hydrogen (secondary N) is 1. The highest BCUT2D eigenvalue weighted by Crippen LogP contribution is 2.23. The smallest absolute Gasteiger partial charge is 0.275 e. The predicted molar refractivity (Wildman–Crippen MR) is 87.8 cm³/mol. The summed E-state index contributed by atoms with van der Waals surface area (Å²) in [5.41, 5.74) is 7.54. The molecule has 0 saturated heterocycles. The lowest BCUT2D eigenvalue weighted by atomic mass is 10.1. The largest absolute Gasteiger partial charge is 0.381 e. The Bertz CT molecular complexity index is 747. The monoisotopic (exact) mass is 363 g/mol. The van der Waals surface area contributed by atoms with Gasteiger partial charge < -0.3 is 11.1 Å². The minimum Gasteiger partial charge on any atom is -0.381 e. The third-order valence-electron chi connectivity index (χ3n) is 3.21. The lowest BCUT2D eigenvalue weighted by Crippen LogP contribution is -2.12. The molecule has 2 aromatic rings. The van der Waals surface area contributed by atoms with Crippen molar-refractivity contribution in [2.75, 3.05) is 5.32 Å². The molecule has 0 aliphatic heterocycles. The van der Waals surface area contributed by atoms with Crippen LogP contribution >= 0.6 is 15.9 Å². The van der Waals surface area contributed by atoms with Gasteiger partial charge in [0.2, 0.25) is 5.91 Å². The topological polar surface area (TPSA) is 98.3 Å². The van der Waals surface area contributed by atoms with Crippen molar-refractivity contribution in [3.8, 4) is 0 Å². The molecule has 0 aliphatic carbocycles. The maximum absolute atomic E-state index is 11.1. The molecule has 7 heteroatoms. The van der Waals surface area contributed by atoms with Gasteiger partial charge in [-0.15, -0.1) is 0 Å². The fourth-order valence-corrected chi connectivity index (χ4v) is 2.24. The Balaban J connectivity index is 2.23. The van der Waals surface area contributed by atoms with E-state index < -0.39 is 10.8 Å². The number of rotatable bonds is 5. The summed E-state index contributed by atoms with van der Waals surface area (Å²) in [6.07, 6.45) is 0. The highest BCUT2D eigenvalue weighted by atomic mass is 79.9. The molecule has 0 saturated carbocycles. The fraction of sp³-hybridized carbons (Fsp3) is 0.133. The molecule has 0 aliphatic rings. The van der Waals surface area contributed by atoms with E-state index in [0.29, 0.717) is 5.56 Å². The van der Waals surface area contributed by atoms with Crippen LogP contribution in [0.15, 0.2) is 40.9 Å². The van der Waals surface area contributed by atoms with Gasteiger partial charge in [-0.3, -0.25) is 14.9 Å². The quantitative estimate of drug-likeness (QED) is 0.628. The van der Waals surface area contributed by atoms with Gasteiger partial charge in [0.25, 0.3) is 5.69 Å². The summed E-state index contributed by atoms with van der Waals surface area (Å²) in [6, 6.07) is 9.94. The molecule has 0 unspecified atom stereocenters. The first-order valence-electron chi connectivity index (χ1n) is 6.45. The van der Waals surface area contributed by atoms with Gasteiger partial charge >= 0.3 is 0 Å². The Morgan fingerprint density at radius 2 is 2.05 bits per heavy atom. The number of benzene rings is 2. The van der Waals surface area contributed by atoms with E-state index in [1.165, 1.54) is 18.2 Å². The number of carbonyl (C=O) groups is 1. The number of nitro benzene ring substituents is 1. The Hall–Kier alpha value is -2.41. The summed E-state index contributed by atoms with van der Waals surface area (Å²) in [7, 11) is 0. The van der Waals surface area contributed by atoms with Gasteiger partial charge in [0.05, 0.1) is 4.92 Å². The number of nitrogens with two attached hydrogens (primary N) is 1. The van der Waals surface area contributed by atoms with Crippen molar-refractivity contribution in [2.45, 2.75) is 13.5 Å². The number of nitro groups is 1. The van der Waals surface area contributed by atoms with Crippen LogP contribution in [0.3, 0.4) is 0 Å². The van der Waals surface area contributed by atoms with E-state index >= 15 is 0 Å². The van der Waals surface area contributed by atoms with Crippen molar-refractivity contribution >= 4 is 33.2 Å². The van der Waals surface area contributed by atoms with Crippen molar-refractivity contribution in [3.63, 3.8) is 0 Å². The molecule has 0 atom stereocenters. The standard InChI is InChI=1S/C15H14BrN3O3/c1-9-6-12(4-5-13(9)16)18-8-11-3-2-10(15(17)20)7-14(11)19(21)22/h2-7,18H,8H2,1H3,(H2,17,20). The van der Waals surface area contributed by atoms with Crippen LogP contribution in [-0.4, -0.2) is 10.8 Å². The van der Waals surface area contributed by atoms with Crippen LogP contribution in [-0.2, 0) is 6.54 Å². The van der Waals surface area contributed by atoms with Gasteiger partial charge in [0, 0.05) is 33.9 Å². The first-order chi connectivity index (χ1) is 10.4. The molecule has 6 nitrogen and oxygen atoms in total. The number of nitrogens with zero attached hydrogens (tertiary/aromatic N) is 1. The Labute approximate surface area is 135 Å². The minimum absolute atomic E-state index is 0.120. The highest BCUT2D eigenvalue weighted by molar-refractivity contribution is 9.10. The second kappa shape index (κ2) is 6.57. The van der Waals surface area contributed by atoms with Gasteiger partial charge in [-0.05, 0) is 42.8 Å². The lowest BCUT2D eigenvalue weighted by molar-refractivity contribution is -0.385. The number of aryl methyl sites for hydroxylation is 1. The van der Waals surface area contributed by atoms with E-state index in [1.54, 1.807) is 0 Å². The van der Waals surface area contributed by atoms with Crippen LogP contribution in [0, 0.1) is 17.0 Å². The van der Waals surface area contributed by atoms with Gasteiger partial charge in [-0.1, -0.05) is 15.9 Å². The number of halogens is 1. The van der Waals surface area contributed by atoms with E-state index in [1.807, 2.05) is 25.1 Å². The Kier molecular flexibility index (Phi) is 4.77. The van der Waals surface area contributed by atoms with E-state index in [9.17, 15) is 14.9 Å². The molecule has 0 bridgehead atoms. The van der Waals surface area contributed by atoms with Crippen molar-refractivity contribution in [2.24, 2.45) is 5.73 Å². The van der Waals surface area contributed by atoms with Gasteiger partial charge in [-0.25, -0.2) is 0 Å². The first kappa shape index (κ1) is 16.0. The van der Waals surface area contributed by atoms with Gasteiger partial charge in [0.1, 0.15) is 0 Å². The zero-order valence-electron chi connectivity index (χ0n) is 11.8. The van der Waals surface area contributed by atoms with Crippen molar-refractivity contribution in [1.29, 1.82) is 0 Å². The molecule has 1 amide bonds. The zero-order valence-corrected chi connectivity index (χ0v) is 13.4. The first-order valence-corrected chi connectivity index (χ1v) is 7.25. The second-order valence-corrected chi connectivity index (χ2v) is 5.64. The molecule has 2 rings (SSSR count). The summed E-state index contributed by atoms with van der Waals surface area (Å²) >= 11 is 3.42. The lowest BCUT2D eigenvalue weighted by Gasteiger charge is -2.09. The minimum atomic E-state index is -0.689. The third-order valence-corrected chi connectivity index (χ3v) is 4.10. The molecule has 3 N–H and O–H groups in total. The summed E-state index contributed by atoms with van der Waals surface area (Å²) in [5, 5.41) is 14.3. The van der Waals surface area contributed by atoms with Gasteiger partial charge in [0.15, 0.2) is 0 Å². The average Bonchev–Trinajstić information content (AvgIpc) is 2.48. The number of carbonyl (C=O) groups excluding carboxylic acids is 1. The molecule has 22 heavy (non-hydrogen) atoms. The Morgan fingerprint density at radius 1 is 1.32 bits per heavy atom. The molecule has 0 heterocycles.